The standard InChI is InChI=1S/C27H34N2O5S/c1-2-34-27(32)22(13-12-18-8-4-3-5-9-18)28-25-17-35-24-15-20-11-7-6-10-19(20)14-21(24)23(29(25)33)16-26(30)31/h3-5,8-9,14-15,22-23,25,28-29H,2,6-7,10-13,16-17H2,1H3,(H,30,31). The van der Waals surface area contributed by atoms with Gasteiger partial charge in [-0.1, -0.05) is 30.3 Å². The summed E-state index contributed by atoms with van der Waals surface area (Å²) in [6, 6.07) is 12.7. The lowest BCUT2D eigenvalue weighted by atomic mass is 9.88. The number of aliphatic carboxylic acids is 1. The lowest BCUT2D eigenvalue weighted by Crippen LogP contribution is -3.14. The first kappa shape index (κ1) is 25.7. The van der Waals surface area contributed by atoms with E-state index in [9.17, 15) is 19.9 Å². The second kappa shape index (κ2) is 12.0. The molecule has 0 saturated carbocycles. The number of hydroxylamine groups is 2. The third kappa shape index (κ3) is 6.44. The number of carbonyl (C=O) groups is 2. The molecule has 3 N–H and O–H groups in total. The molecule has 1 aliphatic heterocycles. The molecule has 1 heterocycles. The molecule has 4 rings (SSSR count). The highest BCUT2D eigenvalue weighted by Crippen LogP contribution is 2.35. The summed E-state index contributed by atoms with van der Waals surface area (Å²) in [5.41, 5.74) is 4.47. The van der Waals surface area contributed by atoms with E-state index in [2.05, 4.69) is 17.4 Å². The van der Waals surface area contributed by atoms with Crippen molar-refractivity contribution in [3.8, 4) is 0 Å². The summed E-state index contributed by atoms with van der Waals surface area (Å²) in [7, 11) is 0. The number of aryl methyl sites for hydroxylation is 3. The van der Waals surface area contributed by atoms with Gasteiger partial charge in [0, 0.05) is 10.5 Å². The third-order valence-corrected chi connectivity index (χ3v) is 8.02. The number of fused-ring (bicyclic) bond motifs is 2. The number of quaternary nitrogens is 1. The van der Waals surface area contributed by atoms with Gasteiger partial charge in [0.2, 0.25) is 0 Å². The predicted octanol–water partition coefficient (Wildman–Crippen LogP) is 3.05. The normalized spacial score (nSPS) is 22.4. The first-order valence-electron chi connectivity index (χ1n) is 12.5. The van der Waals surface area contributed by atoms with E-state index in [4.69, 9.17) is 4.74 Å². The zero-order chi connectivity index (χ0) is 24.8. The highest BCUT2D eigenvalue weighted by atomic mass is 32.2. The number of esters is 1. The number of hydrogen-bond acceptors (Lipinski definition) is 6. The van der Waals surface area contributed by atoms with Crippen LogP contribution in [0.2, 0.25) is 0 Å². The average molecular weight is 499 g/mol. The fraction of sp³-hybridized carbons (Fsp3) is 0.481. The Morgan fingerprint density at radius 3 is 2.60 bits per heavy atom. The molecular formula is C27H34N2O5S. The molecule has 2 aliphatic rings. The molecule has 35 heavy (non-hydrogen) atoms. The Morgan fingerprint density at radius 2 is 1.91 bits per heavy atom. The SMILES string of the molecule is CCOC(=O)C(CCc1ccccc1)NC1CSc2cc3c(cc2C(CC(=O)O)[NH+]1[O-])CCCC3. The molecule has 7 nitrogen and oxygen atoms in total. The van der Waals surface area contributed by atoms with E-state index < -0.39 is 24.2 Å². The summed E-state index contributed by atoms with van der Waals surface area (Å²) >= 11 is 1.58. The molecule has 188 valence electrons. The van der Waals surface area contributed by atoms with Crippen molar-refractivity contribution < 1.29 is 24.5 Å². The number of hydrogen-bond donors (Lipinski definition) is 3. The fourth-order valence-corrected chi connectivity index (χ4v) is 6.26. The van der Waals surface area contributed by atoms with E-state index in [0.717, 1.165) is 41.7 Å². The topological polar surface area (TPSA) is 103 Å². The van der Waals surface area contributed by atoms with E-state index in [-0.39, 0.29) is 24.1 Å². The highest BCUT2D eigenvalue weighted by Gasteiger charge is 2.36. The fourth-order valence-electron chi connectivity index (χ4n) is 5.06. The summed E-state index contributed by atoms with van der Waals surface area (Å²) < 4.78 is 5.31. The van der Waals surface area contributed by atoms with Gasteiger partial charge in [0.05, 0.1) is 12.4 Å². The van der Waals surface area contributed by atoms with Gasteiger partial charge in [-0.3, -0.25) is 14.9 Å². The molecule has 0 aromatic heterocycles. The number of ether oxygens (including phenoxy) is 1. The summed E-state index contributed by atoms with van der Waals surface area (Å²) in [6.07, 6.45) is 4.51. The predicted molar refractivity (Wildman–Crippen MR) is 135 cm³/mol. The molecule has 0 saturated heterocycles. The number of benzene rings is 2. The maximum atomic E-state index is 13.7. The number of carbonyl (C=O) groups excluding carboxylic acids is 1. The Labute approximate surface area is 210 Å². The van der Waals surface area contributed by atoms with E-state index >= 15 is 0 Å². The number of carboxylic acids is 1. The van der Waals surface area contributed by atoms with Crippen LogP contribution in [-0.4, -0.2) is 41.6 Å². The molecule has 4 atom stereocenters. The van der Waals surface area contributed by atoms with Crippen molar-refractivity contribution in [1.82, 2.24) is 5.32 Å². The molecule has 0 radical (unpaired) electrons. The largest absolute Gasteiger partial charge is 0.633 e. The van der Waals surface area contributed by atoms with Crippen molar-refractivity contribution in [2.75, 3.05) is 12.4 Å². The van der Waals surface area contributed by atoms with Crippen molar-refractivity contribution in [3.63, 3.8) is 0 Å². The van der Waals surface area contributed by atoms with Gasteiger partial charge in [-0.2, -0.15) is 0 Å². The van der Waals surface area contributed by atoms with Gasteiger partial charge in [0.25, 0.3) is 0 Å². The highest BCUT2D eigenvalue weighted by molar-refractivity contribution is 7.99. The van der Waals surface area contributed by atoms with Crippen LogP contribution in [0.25, 0.3) is 0 Å². The average Bonchev–Trinajstić information content (AvgIpc) is 2.97. The molecule has 0 spiro atoms. The van der Waals surface area contributed by atoms with Crippen LogP contribution in [0.15, 0.2) is 47.4 Å². The van der Waals surface area contributed by atoms with Crippen LogP contribution in [0.3, 0.4) is 0 Å². The Morgan fingerprint density at radius 1 is 1.20 bits per heavy atom. The van der Waals surface area contributed by atoms with Crippen LogP contribution >= 0.6 is 11.8 Å². The minimum atomic E-state index is -0.997. The second-order valence-electron chi connectivity index (χ2n) is 9.28. The monoisotopic (exact) mass is 498 g/mol. The van der Waals surface area contributed by atoms with Gasteiger partial charge in [-0.05, 0) is 74.3 Å². The van der Waals surface area contributed by atoms with E-state index in [1.807, 2.05) is 30.3 Å². The van der Waals surface area contributed by atoms with Gasteiger partial charge in [-0.15, -0.1) is 11.8 Å². The number of rotatable bonds is 9. The Balaban J connectivity index is 1.57. The number of nitrogens with one attached hydrogen (secondary N) is 2. The van der Waals surface area contributed by atoms with Crippen LogP contribution in [-0.2, 0) is 33.6 Å². The minimum absolute atomic E-state index is 0.164. The molecule has 2 aromatic carbocycles. The molecule has 4 unspecified atom stereocenters. The first-order valence-corrected chi connectivity index (χ1v) is 13.5. The summed E-state index contributed by atoms with van der Waals surface area (Å²) in [6.45, 7) is 2.02. The van der Waals surface area contributed by atoms with Crippen LogP contribution in [0.4, 0.5) is 0 Å². The molecule has 8 heteroatoms. The maximum Gasteiger partial charge on any atom is 0.323 e. The molecule has 2 aromatic rings. The number of carboxylic acid groups (broad SMARTS) is 1. The first-order chi connectivity index (χ1) is 17.0. The van der Waals surface area contributed by atoms with Crippen LogP contribution in [0.1, 0.15) is 60.9 Å². The molecular weight excluding hydrogens is 464 g/mol. The van der Waals surface area contributed by atoms with Crippen molar-refractivity contribution >= 4 is 23.7 Å². The van der Waals surface area contributed by atoms with Gasteiger partial charge in [0.1, 0.15) is 18.5 Å². The Hall–Kier alpha value is -2.39. The van der Waals surface area contributed by atoms with Crippen LogP contribution in [0, 0.1) is 5.21 Å². The molecule has 1 aliphatic carbocycles. The Bertz CT molecular complexity index is 1030. The van der Waals surface area contributed by atoms with Crippen molar-refractivity contribution in [2.45, 2.75) is 75.0 Å². The molecule has 0 fully saturated rings. The Kier molecular flexibility index (Phi) is 8.83. The lowest BCUT2D eigenvalue weighted by molar-refractivity contribution is -0.908. The van der Waals surface area contributed by atoms with Crippen molar-refractivity contribution in [3.05, 3.63) is 69.9 Å². The van der Waals surface area contributed by atoms with Gasteiger partial charge >= 0.3 is 11.9 Å². The van der Waals surface area contributed by atoms with Gasteiger partial charge in [0.15, 0.2) is 6.17 Å². The zero-order valence-electron chi connectivity index (χ0n) is 20.1. The lowest BCUT2D eigenvalue weighted by Gasteiger charge is -2.37. The third-order valence-electron chi connectivity index (χ3n) is 6.86. The smallest absolute Gasteiger partial charge is 0.323 e. The summed E-state index contributed by atoms with van der Waals surface area (Å²) in [5.74, 6) is -0.931. The maximum absolute atomic E-state index is 13.7. The summed E-state index contributed by atoms with van der Waals surface area (Å²) in [5, 5.41) is 26.4. The van der Waals surface area contributed by atoms with Gasteiger partial charge in [-0.25, -0.2) is 0 Å². The number of thioether (sulfide) groups is 1. The minimum Gasteiger partial charge on any atom is -0.633 e. The van der Waals surface area contributed by atoms with E-state index in [1.54, 1.807) is 18.7 Å². The van der Waals surface area contributed by atoms with Crippen LogP contribution < -0.4 is 10.4 Å². The quantitative estimate of drug-likeness (QED) is 0.361. The van der Waals surface area contributed by atoms with Crippen LogP contribution in [0.5, 0.6) is 0 Å². The molecule has 0 amide bonds. The molecule has 0 bridgehead atoms. The van der Waals surface area contributed by atoms with E-state index in [1.165, 1.54) is 11.1 Å². The van der Waals surface area contributed by atoms with E-state index in [0.29, 0.717) is 18.6 Å². The van der Waals surface area contributed by atoms with Crippen molar-refractivity contribution in [1.29, 1.82) is 0 Å². The second-order valence-corrected chi connectivity index (χ2v) is 10.3. The summed E-state index contributed by atoms with van der Waals surface area (Å²) in [4.78, 5) is 25.5. The van der Waals surface area contributed by atoms with Crippen molar-refractivity contribution in [2.24, 2.45) is 0 Å². The van der Waals surface area contributed by atoms with Gasteiger partial charge < -0.3 is 20.1 Å². The zero-order valence-corrected chi connectivity index (χ0v) is 20.9.